The number of carboxylic acid groups (broad SMARTS) is 1. The van der Waals surface area contributed by atoms with Crippen LogP contribution < -0.4 is 0 Å². The highest BCUT2D eigenvalue weighted by molar-refractivity contribution is 5.69. The molecule has 1 atom stereocenters. The van der Waals surface area contributed by atoms with Crippen LogP contribution in [0.2, 0.25) is 0 Å². The van der Waals surface area contributed by atoms with Gasteiger partial charge in [0, 0.05) is 12.8 Å². The van der Waals surface area contributed by atoms with E-state index in [9.17, 15) is 9.59 Å². The number of carbonyl (C=O) groups excluding carboxylic acids is 1. The van der Waals surface area contributed by atoms with Gasteiger partial charge in [0.05, 0.1) is 0 Å². The van der Waals surface area contributed by atoms with Crippen molar-refractivity contribution < 1.29 is 19.4 Å². The van der Waals surface area contributed by atoms with Gasteiger partial charge in [0.2, 0.25) is 0 Å². The summed E-state index contributed by atoms with van der Waals surface area (Å²) >= 11 is 0. The molecule has 0 amide bonds. The highest BCUT2D eigenvalue weighted by atomic mass is 16.5. The van der Waals surface area contributed by atoms with Gasteiger partial charge in [0.15, 0.2) is 0 Å². The van der Waals surface area contributed by atoms with Crippen LogP contribution in [0.25, 0.3) is 0 Å². The summed E-state index contributed by atoms with van der Waals surface area (Å²) < 4.78 is 5.98. The van der Waals surface area contributed by atoms with Crippen molar-refractivity contribution in [1.82, 2.24) is 0 Å². The van der Waals surface area contributed by atoms with Gasteiger partial charge in [-0.05, 0) is 89.9 Å². The van der Waals surface area contributed by atoms with Gasteiger partial charge in [-0.2, -0.15) is 0 Å². The van der Waals surface area contributed by atoms with E-state index < -0.39 is 5.97 Å². The van der Waals surface area contributed by atoms with Crippen molar-refractivity contribution in [3.8, 4) is 0 Å². The molecule has 46 heavy (non-hydrogen) atoms. The van der Waals surface area contributed by atoms with Crippen molar-refractivity contribution >= 4 is 11.9 Å². The molecule has 266 valence electrons. The summed E-state index contributed by atoms with van der Waals surface area (Å²) in [5, 5.41) is 8.81. The van der Waals surface area contributed by atoms with Gasteiger partial charge in [0.1, 0.15) is 6.10 Å². The predicted octanol–water partition coefficient (Wildman–Crippen LogP) is 13.6. The van der Waals surface area contributed by atoms with Crippen molar-refractivity contribution in [3.05, 3.63) is 48.6 Å². The summed E-state index contributed by atoms with van der Waals surface area (Å²) in [6.45, 7) is 4.43. The van der Waals surface area contributed by atoms with Gasteiger partial charge in [0.25, 0.3) is 0 Å². The lowest BCUT2D eigenvalue weighted by atomic mass is 10.0. The van der Waals surface area contributed by atoms with Crippen molar-refractivity contribution in [2.45, 2.75) is 206 Å². The van der Waals surface area contributed by atoms with Gasteiger partial charge in [-0.1, -0.05) is 146 Å². The van der Waals surface area contributed by atoms with Crippen LogP contribution >= 0.6 is 0 Å². The molecule has 1 N–H and O–H groups in total. The first kappa shape index (κ1) is 43.9. The molecular formula is C42H74O4. The third kappa shape index (κ3) is 36.4. The minimum absolute atomic E-state index is 0.0158. The highest BCUT2D eigenvalue weighted by Gasteiger charge is 2.14. The molecule has 0 radical (unpaired) electrons. The van der Waals surface area contributed by atoms with Crippen LogP contribution in [-0.2, 0) is 14.3 Å². The minimum atomic E-state index is -0.707. The monoisotopic (exact) mass is 643 g/mol. The van der Waals surface area contributed by atoms with Crippen LogP contribution in [-0.4, -0.2) is 23.1 Å². The molecule has 4 nitrogen and oxygen atoms in total. The fourth-order valence-corrected chi connectivity index (χ4v) is 5.67. The Hall–Kier alpha value is -2.10. The molecule has 0 aliphatic rings. The molecule has 0 bridgehead atoms. The lowest BCUT2D eigenvalue weighted by Crippen LogP contribution is -2.18. The van der Waals surface area contributed by atoms with Crippen LogP contribution in [0.3, 0.4) is 0 Å². The predicted molar refractivity (Wildman–Crippen MR) is 199 cm³/mol. The fourth-order valence-electron chi connectivity index (χ4n) is 5.67. The van der Waals surface area contributed by atoms with E-state index in [0.29, 0.717) is 6.42 Å². The summed E-state index contributed by atoms with van der Waals surface area (Å²) in [4.78, 5) is 23.4. The Labute approximate surface area is 285 Å². The van der Waals surface area contributed by atoms with Gasteiger partial charge in [-0.15, -0.1) is 0 Å². The van der Waals surface area contributed by atoms with Crippen LogP contribution in [0, 0.1) is 0 Å². The van der Waals surface area contributed by atoms with E-state index >= 15 is 0 Å². The lowest BCUT2D eigenvalue weighted by molar-refractivity contribution is -0.150. The number of allylic oxidation sites excluding steroid dienone is 8. The van der Waals surface area contributed by atoms with Crippen molar-refractivity contribution in [2.75, 3.05) is 0 Å². The van der Waals surface area contributed by atoms with Gasteiger partial charge in [-0.3, -0.25) is 9.59 Å². The molecule has 0 aliphatic heterocycles. The number of esters is 1. The molecule has 0 saturated carbocycles. The second-order valence-electron chi connectivity index (χ2n) is 13.1. The number of rotatable bonds is 35. The third-order valence-electron chi connectivity index (χ3n) is 8.53. The minimum Gasteiger partial charge on any atom is -0.481 e. The summed E-state index contributed by atoms with van der Waals surface area (Å²) in [6, 6.07) is 0. The highest BCUT2D eigenvalue weighted by Crippen LogP contribution is 2.18. The fraction of sp³-hybridized carbons (Fsp3) is 0.762. The molecule has 0 rings (SSSR count). The summed E-state index contributed by atoms with van der Waals surface area (Å²) in [5.74, 6) is -0.737. The zero-order chi connectivity index (χ0) is 33.6. The molecule has 4 heteroatoms. The second-order valence-corrected chi connectivity index (χ2v) is 13.1. The zero-order valence-electron chi connectivity index (χ0n) is 30.4. The summed E-state index contributed by atoms with van der Waals surface area (Å²) in [6.07, 6.45) is 49.8. The Morgan fingerprint density at radius 2 is 0.935 bits per heavy atom. The SMILES string of the molecule is CC/C=C\C/C=C\C/C=C\CCCCCCCC(=O)OC(CCC/C=C\CCCCCCCCCC)CCCCCCCC(=O)O. The zero-order valence-corrected chi connectivity index (χ0v) is 30.4. The van der Waals surface area contributed by atoms with E-state index in [0.717, 1.165) is 96.3 Å². The Kier molecular flexibility index (Phi) is 35.7. The quantitative estimate of drug-likeness (QED) is 0.0424. The smallest absolute Gasteiger partial charge is 0.306 e. The van der Waals surface area contributed by atoms with E-state index in [2.05, 4.69) is 62.5 Å². The maximum Gasteiger partial charge on any atom is 0.306 e. The van der Waals surface area contributed by atoms with Crippen molar-refractivity contribution in [2.24, 2.45) is 0 Å². The van der Waals surface area contributed by atoms with Crippen molar-refractivity contribution in [3.63, 3.8) is 0 Å². The first-order valence-electron chi connectivity index (χ1n) is 19.6. The molecule has 0 spiro atoms. The molecule has 0 aromatic rings. The number of carbonyl (C=O) groups is 2. The number of hydrogen-bond donors (Lipinski definition) is 1. The van der Waals surface area contributed by atoms with E-state index in [1.807, 2.05) is 0 Å². The van der Waals surface area contributed by atoms with E-state index in [1.54, 1.807) is 0 Å². The van der Waals surface area contributed by atoms with Crippen LogP contribution in [0.4, 0.5) is 0 Å². The number of ether oxygens (including phenoxy) is 1. The van der Waals surface area contributed by atoms with Gasteiger partial charge in [-0.25, -0.2) is 0 Å². The number of aliphatic carboxylic acids is 1. The van der Waals surface area contributed by atoms with Gasteiger partial charge < -0.3 is 9.84 Å². The molecule has 0 aromatic heterocycles. The molecule has 0 aliphatic carbocycles. The van der Waals surface area contributed by atoms with Gasteiger partial charge >= 0.3 is 11.9 Å². The standard InChI is InChI=1S/C42H74O4/c1-3-5-7-9-11-13-15-17-18-20-22-24-26-31-35-39-42(45)46-40(37-33-29-27-30-34-38-41(43)44)36-32-28-25-23-21-19-16-14-12-10-8-6-4-2/h5,7,11,13,17-18,23,25,40H,3-4,6,8-10,12,14-16,19-22,24,26-39H2,1-2H3,(H,43,44)/b7-5-,13-11-,18-17-,25-23-. The Bertz CT molecular complexity index is 779. The maximum atomic E-state index is 12.6. The third-order valence-corrected chi connectivity index (χ3v) is 8.53. The second kappa shape index (κ2) is 37.4. The number of unbranched alkanes of at least 4 members (excludes halogenated alkanes) is 18. The Morgan fingerprint density at radius 3 is 1.52 bits per heavy atom. The Morgan fingerprint density at radius 1 is 0.500 bits per heavy atom. The first-order chi connectivity index (χ1) is 22.6. The normalized spacial score (nSPS) is 12.7. The Balaban J connectivity index is 4.13. The topological polar surface area (TPSA) is 63.6 Å². The number of carboxylic acids is 1. The molecular weight excluding hydrogens is 568 g/mol. The average Bonchev–Trinajstić information content (AvgIpc) is 3.04. The summed E-state index contributed by atoms with van der Waals surface area (Å²) in [7, 11) is 0. The molecule has 0 heterocycles. The maximum absolute atomic E-state index is 12.6. The van der Waals surface area contributed by atoms with E-state index in [1.165, 1.54) is 77.0 Å². The van der Waals surface area contributed by atoms with Crippen LogP contribution in [0.1, 0.15) is 200 Å². The average molecular weight is 643 g/mol. The van der Waals surface area contributed by atoms with Crippen LogP contribution in [0.15, 0.2) is 48.6 Å². The van der Waals surface area contributed by atoms with E-state index in [-0.39, 0.29) is 18.5 Å². The van der Waals surface area contributed by atoms with E-state index in [4.69, 9.17) is 9.84 Å². The lowest BCUT2D eigenvalue weighted by Gasteiger charge is -2.18. The van der Waals surface area contributed by atoms with Crippen molar-refractivity contribution in [1.29, 1.82) is 0 Å². The molecule has 0 aromatic carbocycles. The first-order valence-corrected chi connectivity index (χ1v) is 19.6. The molecule has 0 saturated heterocycles. The largest absolute Gasteiger partial charge is 0.481 e. The summed E-state index contributed by atoms with van der Waals surface area (Å²) in [5.41, 5.74) is 0. The molecule has 0 fully saturated rings. The van der Waals surface area contributed by atoms with Crippen LogP contribution in [0.5, 0.6) is 0 Å². The molecule has 1 unspecified atom stereocenters. The number of hydrogen-bond acceptors (Lipinski definition) is 3.